The van der Waals surface area contributed by atoms with Crippen LogP contribution in [0.1, 0.15) is 32.1 Å². The van der Waals surface area contributed by atoms with Gasteiger partial charge in [0.05, 0.1) is 5.69 Å². The highest BCUT2D eigenvalue weighted by Crippen LogP contribution is 2.32. The van der Waals surface area contributed by atoms with Crippen molar-refractivity contribution in [3.8, 4) is 22.8 Å². The number of phenolic OH excluding ortho intramolecular Hbond substituents is 2. The summed E-state index contributed by atoms with van der Waals surface area (Å²) in [4.78, 5) is 5.06. The number of aromatic hydroxyl groups is 2. The Kier molecular flexibility index (Phi) is 4.29. The van der Waals surface area contributed by atoms with E-state index in [9.17, 15) is 10.2 Å². The van der Waals surface area contributed by atoms with Gasteiger partial charge in [-0.05, 0) is 37.8 Å². The molecular weight excluding hydrogens is 298 g/mol. The lowest BCUT2D eigenvalue weighted by atomic mass is 9.99. The fourth-order valence-electron chi connectivity index (χ4n) is 2.67. The van der Waals surface area contributed by atoms with Crippen LogP contribution in [0.15, 0.2) is 33.7 Å². The number of thiazole rings is 1. The van der Waals surface area contributed by atoms with E-state index in [1.807, 2.05) is 5.38 Å². The molecule has 1 aliphatic rings. The van der Waals surface area contributed by atoms with Gasteiger partial charge >= 0.3 is 0 Å². The van der Waals surface area contributed by atoms with E-state index in [0.29, 0.717) is 5.56 Å². The third kappa shape index (κ3) is 2.92. The van der Waals surface area contributed by atoms with Gasteiger partial charge in [-0.2, -0.15) is 5.10 Å². The summed E-state index contributed by atoms with van der Waals surface area (Å²) in [5.41, 5.74) is 2.62. The van der Waals surface area contributed by atoms with Gasteiger partial charge in [0.1, 0.15) is 11.5 Å². The maximum Gasteiger partial charge on any atom is 0.205 e. The van der Waals surface area contributed by atoms with E-state index in [2.05, 4.69) is 4.99 Å². The zero-order valence-electron chi connectivity index (χ0n) is 12.5. The Hall–Kier alpha value is -2.08. The summed E-state index contributed by atoms with van der Waals surface area (Å²) >= 11 is 1.49. The highest BCUT2D eigenvalue weighted by molar-refractivity contribution is 7.07. The van der Waals surface area contributed by atoms with Gasteiger partial charge in [0.2, 0.25) is 4.80 Å². The fourth-order valence-corrected chi connectivity index (χ4v) is 3.46. The number of rotatable bonds is 2. The second kappa shape index (κ2) is 6.36. The first kappa shape index (κ1) is 14.8. The number of hydrogen-bond donors (Lipinski definition) is 2. The predicted molar refractivity (Wildman–Crippen MR) is 88.5 cm³/mol. The van der Waals surface area contributed by atoms with Gasteiger partial charge in [-0.3, -0.25) is 4.99 Å². The Bertz CT molecular complexity index is 766. The summed E-state index contributed by atoms with van der Waals surface area (Å²) in [7, 11) is 1.74. The summed E-state index contributed by atoms with van der Waals surface area (Å²) in [6.07, 6.45) is 5.67. The quantitative estimate of drug-likeness (QED) is 0.892. The average Bonchev–Trinajstić information content (AvgIpc) is 2.91. The molecule has 0 atom stereocenters. The molecule has 1 heterocycles. The minimum atomic E-state index is 0.0399. The van der Waals surface area contributed by atoms with E-state index < -0.39 is 0 Å². The van der Waals surface area contributed by atoms with Crippen LogP contribution in [0.5, 0.6) is 11.5 Å². The molecule has 0 bridgehead atoms. The molecule has 3 rings (SSSR count). The summed E-state index contributed by atoms with van der Waals surface area (Å²) in [5, 5.41) is 26.3. The van der Waals surface area contributed by atoms with Gasteiger partial charge in [-0.25, -0.2) is 4.68 Å². The molecule has 0 radical (unpaired) electrons. The normalized spacial score (nSPS) is 16.0. The monoisotopic (exact) mass is 317 g/mol. The summed E-state index contributed by atoms with van der Waals surface area (Å²) in [6.45, 7) is 0. The second-order valence-electron chi connectivity index (χ2n) is 5.37. The summed E-state index contributed by atoms with van der Waals surface area (Å²) < 4.78 is 1.80. The molecule has 1 aliphatic carbocycles. The fraction of sp³-hybridized carbons (Fsp3) is 0.375. The molecule has 0 amide bonds. The molecule has 1 aromatic carbocycles. The van der Waals surface area contributed by atoms with E-state index >= 15 is 0 Å². The Morgan fingerprint density at radius 1 is 1.14 bits per heavy atom. The first-order valence-electron chi connectivity index (χ1n) is 7.41. The molecule has 0 spiro atoms. The second-order valence-corrected chi connectivity index (χ2v) is 6.20. The van der Waals surface area contributed by atoms with Crippen molar-refractivity contribution in [2.45, 2.75) is 32.1 Å². The Labute approximate surface area is 132 Å². The van der Waals surface area contributed by atoms with Gasteiger partial charge in [0, 0.05) is 29.8 Å². The van der Waals surface area contributed by atoms with E-state index in [-0.39, 0.29) is 11.5 Å². The molecule has 5 nitrogen and oxygen atoms in total. The van der Waals surface area contributed by atoms with E-state index in [0.717, 1.165) is 23.3 Å². The lowest BCUT2D eigenvalue weighted by Crippen LogP contribution is -2.15. The first-order valence-corrected chi connectivity index (χ1v) is 8.29. The van der Waals surface area contributed by atoms with Crippen LogP contribution < -0.4 is 4.80 Å². The minimum absolute atomic E-state index is 0.0399. The lowest BCUT2D eigenvalue weighted by Gasteiger charge is -2.13. The molecule has 116 valence electrons. The maximum absolute atomic E-state index is 10.1. The predicted octanol–water partition coefficient (Wildman–Crippen LogP) is 3.33. The molecule has 2 aromatic rings. The van der Waals surface area contributed by atoms with Crippen molar-refractivity contribution >= 4 is 17.0 Å². The molecule has 0 aliphatic heterocycles. The van der Waals surface area contributed by atoms with Crippen molar-refractivity contribution in [2.24, 2.45) is 10.1 Å². The number of hydrogen-bond acceptors (Lipinski definition) is 5. The standard InChI is InChI=1S/C16H19N3O2S/c1-17-16-19(18-11-5-3-2-4-6-11)14(10-22-16)13-8-7-12(20)9-15(13)21/h7-10,20-21H,2-6H2,1H3. The summed E-state index contributed by atoms with van der Waals surface area (Å²) in [6, 6.07) is 4.60. The molecule has 6 heteroatoms. The molecule has 2 N–H and O–H groups in total. The third-order valence-corrected chi connectivity index (χ3v) is 4.71. The minimum Gasteiger partial charge on any atom is -0.508 e. The van der Waals surface area contributed by atoms with Gasteiger partial charge in [-0.15, -0.1) is 11.3 Å². The van der Waals surface area contributed by atoms with E-state index in [1.54, 1.807) is 23.9 Å². The molecule has 0 unspecified atom stereocenters. The van der Waals surface area contributed by atoms with Crippen molar-refractivity contribution in [1.82, 2.24) is 4.68 Å². The van der Waals surface area contributed by atoms with Crippen LogP contribution in [0.4, 0.5) is 0 Å². The van der Waals surface area contributed by atoms with Crippen LogP contribution >= 0.6 is 11.3 Å². The zero-order chi connectivity index (χ0) is 15.5. The zero-order valence-corrected chi connectivity index (χ0v) is 13.3. The molecule has 0 saturated heterocycles. The highest BCUT2D eigenvalue weighted by atomic mass is 32.1. The van der Waals surface area contributed by atoms with Crippen LogP contribution in [0.25, 0.3) is 11.3 Å². The SMILES string of the molecule is CN=c1scc(-c2ccc(O)cc2O)n1N=C1CCCCC1. The molecule has 1 saturated carbocycles. The Morgan fingerprint density at radius 2 is 1.91 bits per heavy atom. The van der Waals surface area contributed by atoms with Crippen LogP contribution in [-0.2, 0) is 0 Å². The number of aromatic nitrogens is 1. The Balaban J connectivity index is 2.11. The van der Waals surface area contributed by atoms with Crippen molar-refractivity contribution in [2.75, 3.05) is 7.05 Å². The van der Waals surface area contributed by atoms with Crippen LogP contribution in [-0.4, -0.2) is 27.6 Å². The largest absolute Gasteiger partial charge is 0.508 e. The Morgan fingerprint density at radius 3 is 2.59 bits per heavy atom. The average molecular weight is 317 g/mol. The van der Waals surface area contributed by atoms with Crippen LogP contribution in [0.2, 0.25) is 0 Å². The number of benzene rings is 1. The molecular formula is C16H19N3O2S. The summed E-state index contributed by atoms with van der Waals surface area (Å²) in [5.74, 6) is 0.0834. The first-order chi connectivity index (χ1) is 10.7. The van der Waals surface area contributed by atoms with E-state index in [4.69, 9.17) is 5.10 Å². The van der Waals surface area contributed by atoms with Crippen molar-refractivity contribution < 1.29 is 10.2 Å². The smallest absolute Gasteiger partial charge is 0.205 e. The molecule has 22 heavy (non-hydrogen) atoms. The molecule has 1 fully saturated rings. The van der Waals surface area contributed by atoms with Crippen molar-refractivity contribution in [3.05, 3.63) is 28.4 Å². The number of phenols is 2. The van der Waals surface area contributed by atoms with Crippen LogP contribution in [0.3, 0.4) is 0 Å². The highest BCUT2D eigenvalue weighted by Gasteiger charge is 2.14. The van der Waals surface area contributed by atoms with E-state index in [1.165, 1.54) is 42.4 Å². The van der Waals surface area contributed by atoms with Crippen LogP contribution in [0, 0.1) is 0 Å². The van der Waals surface area contributed by atoms with Gasteiger partial charge in [0.25, 0.3) is 0 Å². The van der Waals surface area contributed by atoms with Gasteiger partial charge < -0.3 is 10.2 Å². The number of nitrogens with zero attached hydrogens (tertiary/aromatic N) is 3. The molecule has 1 aromatic heterocycles. The maximum atomic E-state index is 10.1. The lowest BCUT2D eigenvalue weighted by molar-refractivity contribution is 0.451. The van der Waals surface area contributed by atoms with Crippen molar-refractivity contribution in [3.63, 3.8) is 0 Å². The topological polar surface area (TPSA) is 70.1 Å². The van der Waals surface area contributed by atoms with Gasteiger partial charge in [-0.1, -0.05) is 6.42 Å². The van der Waals surface area contributed by atoms with Crippen molar-refractivity contribution in [1.29, 1.82) is 0 Å². The van der Waals surface area contributed by atoms with Gasteiger partial charge in [0.15, 0.2) is 0 Å². The third-order valence-electron chi connectivity index (χ3n) is 3.81.